The van der Waals surface area contributed by atoms with Crippen molar-refractivity contribution >= 4 is 28.7 Å². The van der Waals surface area contributed by atoms with Gasteiger partial charge in [-0.25, -0.2) is 8.78 Å². The third-order valence-electron chi connectivity index (χ3n) is 2.18. The number of hydrogen-bond acceptors (Lipinski definition) is 2. The number of nitrogens with one attached hydrogen (secondary N) is 1. The maximum absolute atomic E-state index is 13.0. The summed E-state index contributed by atoms with van der Waals surface area (Å²) in [6.07, 6.45) is 0. The van der Waals surface area contributed by atoms with Crippen molar-refractivity contribution in [1.82, 2.24) is 0 Å². The van der Waals surface area contributed by atoms with E-state index in [1.807, 2.05) is 0 Å². The summed E-state index contributed by atoms with van der Waals surface area (Å²) in [7, 11) is 0. The molecule has 17 heavy (non-hydrogen) atoms. The Hall–Kier alpha value is -1.81. The summed E-state index contributed by atoms with van der Waals surface area (Å²) >= 11 is 5.93. The fourth-order valence-corrected chi connectivity index (χ4v) is 1.67. The van der Waals surface area contributed by atoms with Crippen LogP contribution in [0.15, 0.2) is 36.4 Å². The largest absolute Gasteiger partial charge is 0.397 e. The van der Waals surface area contributed by atoms with E-state index in [1.54, 1.807) is 18.2 Å². The van der Waals surface area contributed by atoms with Crippen molar-refractivity contribution in [2.24, 2.45) is 0 Å². The Morgan fingerprint density at radius 2 is 1.71 bits per heavy atom. The Bertz CT molecular complexity index is 518. The third kappa shape index (κ3) is 2.65. The lowest BCUT2D eigenvalue weighted by Crippen LogP contribution is -1.98. The highest BCUT2D eigenvalue weighted by Crippen LogP contribution is 2.31. The Morgan fingerprint density at radius 1 is 1.06 bits per heavy atom. The summed E-state index contributed by atoms with van der Waals surface area (Å²) in [4.78, 5) is 0. The van der Waals surface area contributed by atoms with Gasteiger partial charge in [-0.1, -0.05) is 17.7 Å². The molecule has 0 unspecified atom stereocenters. The number of anilines is 3. The molecule has 2 aromatic carbocycles. The predicted molar refractivity (Wildman–Crippen MR) is 65.5 cm³/mol. The standard InChI is InChI=1S/C12H9ClF2N2/c13-10-2-1-3-11(16)12(10)17-9-5-7(14)4-8(15)6-9/h1-6,17H,16H2. The molecular formula is C12H9ClF2N2. The summed E-state index contributed by atoms with van der Waals surface area (Å²) in [6.45, 7) is 0. The van der Waals surface area contributed by atoms with Gasteiger partial charge in [-0.15, -0.1) is 0 Å². The first-order valence-corrected chi connectivity index (χ1v) is 5.21. The smallest absolute Gasteiger partial charge is 0.128 e. The lowest BCUT2D eigenvalue weighted by atomic mass is 10.2. The van der Waals surface area contributed by atoms with E-state index < -0.39 is 11.6 Å². The lowest BCUT2D eigenvalue weighted by molar-refractivity contribution is 0.584. The molecular weight excluding hydrogens is 246 g/mol. The van der Waals surface area contributed by atoms with Gasteiger partial charge in [-0.05, 0) is 24.3 Å². The Labute approximate surface area is 102 Å². The van der Waals surface area contributed by atoms with Crippen LogP contribution in [0.4, 0.5) is 25.8 Å². The number of benzene rings is 2. The van der Waals surface area contributed by atoms with Crippen molar-refractivity contribution in [3.8, 4) is 0 Å². The molecule has 2 nitrogen and oxygen atoms in total. The average molecular weight is 255 g/mol. The number of halogens is 3. The van der Waals surface area contributed by atoms with Gasteiger partial charge in [0, 0.05) is 11.8 Å². The van der Waals surface area contributed by atoms with E-state index in [0.29, 0.717) is 16.4 Å². The number of para-hydroxylation sites is 1. The van der Waals surface area contributed by atoms with Crippen LogP contribution in [0.3, 0.4) is 0 Å². The lowest BCUT2D eigenvalue weighted by Gasteiger charge is -2.11. The van der Waals surface area contributed by atoms with Crippen LogP contribution in [0.5, 0.6) is 0 Å². The van der Waals surface area contributed by atoms with Gasteiger partial charge in [0.1, 0.15) is 11.6 Å². The topological polar surface area (TPSA) is 38.0 Å². The first-order chi connectivity index (χ1) is 8.06. The minimum atomic E-state index is -0.668. The van der Waals surface area contributed by atoms with Crippen LogP contribution in [0.1, 0.15) is 0 Å². The zero-order valence-electron chi connectivity index (χ0n) is 8.68. The monoisotopic (exact) mass is 254 g/mol. The molecule has 0 bridgehead atoms. The molecule has 2 rings (SSSR count). The molecule has 0 aliphatic carbocycles. The average Bonchev–Trinajstić information content (AvgIpc) is 2.22. The molecule has 88 valence electrons. The maximum Gasteiger partial charge on any atom is 0.128 e. The molecule has 0 saturated heterocycles. The fourth-order valence-electron chi connectivity index (χ4n) is 1.44. The highest BCUT2D eigenvalue weighted by atomic mass is 35.5. The van der Waals surface area contributed by atoms with Crippen molar-refractivity contribution in [3.05, 3.63) is 53.1 Å². The molecule has 0 spiro atoms. The van der Waals surface area contributed by atoms with Gasteiger partial charge in [-0.3, -0.25) is 0 Å². The van der Waals surface area contributed by atoms with E-state index in [0.717, 1.165) is 18.2 Å². The maximum atomic E-state index is 13.0. The van der Waals surface area contributed by atoms with Crippen molar-refractivity contribution < 1.29 is 8.78 Å². The summed E-state index contributed by atoms with van der Waals surface area (Å²) in [5, 5.41) is 3.17. The molecule has 0 amide bonds. The van der Waals surface area contributed by atoms with Crippen LogP contribution in [-0.2, 0) is 0 Å². The van der Waals surface area contributed by atoms with Crippen LogP contribution in [-0.4, -0.2) is 0 Å². The molecule has 0 fully saturated rings. The van der Waals surface area contributed by atoms with E-state index in [1.165, 1.54) is 0 Å². The molecule has 0 aliphatic heterocycles. The van der Waals surface area contributed by atoms with Gasteiger partial charge in [-0.2, -0.15) is 0 Å². The van der Waals surface area contributed by atoms with Crippen molar-refractivity contribution in [2.75, 3.05) is 11.1 Å². The first kappa shape index (κ1) is 11.7. The third-order valence-corrected chi connectivity index (χ3v) is 2.49. The van der Waals surface area contributed by atoms with Crippen LogP contribution in [0, 0.1) is 11.6 Å². The molecule has 2 aromatic rings. The van der Waals surface area contributed by atoms with E-state index in [9.17, 15) is 8.78 Å². The minimum Gasteiger partial charge on any atom is -0.397 e. The molecule has 0 aliphatic rings. The molecule has 0 radical (unpaired) electrons. The zero-order valence-corrected chi connectivity index (χ0v) is 9.43. The van der Waals surface area contributed by atoms with Gasteiger partial charge in [0.2, 0.25) is 0 Å². The second-order valence-electron chi connectivity index (χ2n) is 3.49. The number of nitrogen functional groups attached to an aromatic ring is 1. The van der Waals surface area contributed by atoms with E-state index in [-0.39, 0.29) is 5.69 Å². The number of hydrogen-bond donors (Lipinski definition) is 2. The van der Waals surface area contributed by atoms with Gasteiger partial charge < -0.3 is 11.1 Å². The van der Waals surface area contributed by atoms with Crippen molar-refractivity contribution in [2.45, 2.75) is 0 Å². The van der Waals surface area contributed by atoms with Gasteiger partial charge >= 0.3 is 0 Å². The highest BCUT2D eigenvalue weighted by Gasteiger charge is 2.06. The second kappa shape index (κ2) is 4.59. The summed E-state index contributed by atoms with van der Waals surface area (Å²) < 4.78 is 26.0. The normalized spacial score (nSPS) is 10.3. The van der Waals surface area contributed by atoms with Crippen LogP contribution in [0.25, 0.3) is 0 Å². The Morgan fingerprint density at radius 3 is 2.29 bits per heavy atom. The Kier molecular flexibility index (Phi) is 3.15. The van der Waals surface area contributed by atoms with E-state index in [4.69, 9.17) is 17.3 Å². The molecule has 0 aromatic heterocycles. The van der Waals surface area contributed by atoms with E-state index >= 15 is 0 Å². The highest BCUT2D eigenvalue weighted by molar-refractivity contribution is 6.34. The van der Waals surface area contributed by atoms with Crippen LogP contribution < -0.4 is 11.1 Å². The summed E-state index contributed by atoms with van der Waals surface area (Å²) in [5.74, 6) is -1.34. The van der Waals surface area contributed by atoms with Crippen molar-refractivity contribution in [3.63, 3.8) is 0 Å². The summed E-state index contributed by atoms with van der Waals surface area (Å²) in [5.41, 5.74) is 6.80. The van der Waals surface area contributed by atoms with Crippen LogP contribution in [0.2, 0.25) is 5.02 Å². The first-order valence-electron chi connectivity index (χ1n) is 4.83. The zero-order chi connectivity index (χ0) is 12.4. The molecule has 0 heterocycles. The minimum absolute atomic E-state index is 0.252. The summed E-state index contributed by atoms with van der Waals surface area (Å²) in [6, 6.07) is 8.08. The van der Waals surface area contributed by atoms with Gasteiger partial charge in [0.15, 0.2) is 0 Å². The van der Waals surface area contributed by atoms with Crippen LogP contribution >= 0.6 is 11.6 Å². The SMILES string of the molecule is Nc1cccc(Cl)c1Nc1cc(F)cc(F)c1. The van der Waals surface area contributed by atoms with Gasteiger partial charge in [0.25, 0.3) is 0 Å². The quantitative estimate of drug-likeness (QED) is 0.797. The predicted octanol–water partition coefficient (Wildman–Crippen LogP) is 3.94. The van der Waals surface area contributed by atoms with Crippen molar-refractivity contribution in [1.29, 1.82) is 0 Å². The number of nitrogens with two attached hydrogens (primary N) is 1. The Balaban J connectivity index is 2.38. The second-order valence-corrected chi connectivity index (χ2v) is 3.89. The molecule has 0 atom stereocenters. The van der Waals surface area contributed by atoms with E-state index in [2.05, 4.69) is 5.32 Å². The fraction of sp³-hybridized carbons (Fsp3) is 0. The number of rotatable bonds is 2. The van der Waals surface area contributed by atoms with Gasteiger partial charge in [0.05, 0.1) is 16.4 Å². The molecule has 5 heteroatoms. The molecule has 3 N–H and O–H groups in total. The molecule has 0 saturated carbocycles.